The highest BCUT2D eigenvalue weighted by Gasteiger charge is 2.39. The van der Waals surface area contributed by atoms with E-state index in [4.69, 9.17) is 22.1 Å². The zero-order valence-electron chi connectivity index (χ0n) is 27.6. The summed E-state index contributed by atoms with van der Waals surface area (Å²) in [5.74, 6) is -1.24. The first-order valence-electron chi connectivity index (χ1n) is 15.8. The first kappa shape index (κ1) is 36.8. The zero-order chi connectivity index (χ0) is 36.4. The van der Waals surface area contributed by atoms with Crippen LogP contribution in [0, 0.1) is 0 Å². The van der Waals surface area contributed by atoms with Crippen molar-refractivity contribution in [1.29, 1.82) is 0 Å². The van der Waals surface area contributed by atoms with E-state index in [9.17, 15) is 32.7 Å². The van der Waals surface area contributed by atoms with Gasteiger partial charge in [-0.3, -0.25) is 19.1 Å². The van der Waals surface area contributed by atoms with Gasteiger partial charge in [0.05, 0.1) is 36.6 Å². The number of carbonyl (C=O) groups is 2. The van der Waals surface area contributed by atoms with Crippen molar-refractivity contribution >= 4 is 23.3 Å². The van der Waals surface area contributed by atoms with Crippen molar-refractivity contribution in [2.75, 3.05) is 20.3 Å². The Morgan fingerprint density at radius 3 is 2.54 bits per heavy atom. The summed E-state index contributed by atoms with van der Waals surface area (Å²) in [6.45, 7) is 2.75. The SMILES string of the molecule is COCC1CCCN1C(=O)c1ccncc1-n1nc(Cn2nc(-c3ccc(Cl)cc3)n(C[C@H](O)C(F)(F)F)c2=O)nc1C(=O)CCC(C)(C)N. The third-order valence-electron chi connectivity index (χ3n) is 8.20. The molecule has 5 rings (SSSR count). The van der Waals surface area contributed by atoms with E-state index >= 15 is 0 Å². The Bertz CT molecular complexity index is 1900. The van der Waals surface area contributed by atoms with Gasteiger partial charge < -0.3 is 20.5 Å². The summed E-state index contributed by atoms with van der Waals surface area (Å²) >= 11 is 5.99. The van der Waals surface area contributed by atoms with E-state index in [2.05, 4.69) is 20.2 Å². The first-order valence-corrected chi connectivity index (χ1v) is 16.2. The number of likely N-dealkylation sites (tertiary alicyclic amines) is 1. The third kappa shape index (κ3) is 8.29. The molecule has 1 aromatic carbocycles. The molecule has 0 bridgehead atoms. The fourth-order valence-electron chi connectivity index (χ4n) is 5.61. The van der Waals surface area contributed by atoms with E-state index < -0.39 is 42.4 Å². The second-order valence-corrected chi connectivity index (χ2v) is 13.2. The molecule has 1 aliphatic heterocycles. The Kier molecular flexibility index (Phi) is 10.9. The molecule has 1 aliphatic rings. The Balaban J connectivity index is 1.58. The van der Waals surface area contributed by atoms with Crippen LogP contribution in [-0.4, -0.2) is 99.9 Å². The molecule has 268 valence electrons. The molecule has 0 radical (unpaired) electrons. The van der Waals surface area contributed by atoms with E-state index in [0.717, 1.165) is 17.5 Å². The number of pyridine rings is 1. The Labute approximate surface area is 289 Å². The monoisotopic (exact) mass is 719 g/mol. The maximum Gasteiger partial charge on any atom is 0.416 e. The fourth-order valence-corrected chi connectivity index (χ4v) is 5.73. The summed E-state index contributed by atoms with van der Waals surface area (Å²) in [7, 11) is 1.56. The number of rotatable bonds is 13. The van der Waals surface area contributed by atoms with Crippen molar-refractivity contribution < 1.29 is 32.6 Å². The molecule has 1 saturated heterocycles. The number of Topliss-reactive ketones (excluding diaryl/α,β-unsaturated/α-hetero) is 1. The summed E-state index contributed by atoms with van der Waals surface area (Å²) in [4.78, 5) is 51.3. The number of benzene rings is 1. The minimum atomic E-state index is -5.01. The smallest absolute Gasteiger partial charge is 0.383 e. The number of ether oxygens (including phenoxy) is 1. The van der Waals surface area contributed by atoms with Crippen LogP contribution in [0.1, 0.15) is 66.3 Å². The normalized spacial score (nSPS) is 15.9. The predicted octanol–water partition coefficient (Wildman–Crippen LogP) is 3.26. The van der Waals surface area contributed by atoms with Gasteiger partial charge in [0.15, 0.2) is 29.4 Å². The van der Waals surface area contributed by atoms with Gasteiger partial charge in [-0.15, -0.1) is 10.2 Å². The van der Waals surface area contributed by atoms with Gasteiger partial charge in [-0.1, -0.05) is 11.6 Å². The maximum absolute atomic E-state index is 13.9. The van der Waals surface area contributed by atoms with Crippen molar-refractivity contribution in [3.05, 3.63) is 75.4 Å². The minimum Gasteiger partial charge on any atom is -0.383 e. The standard InChI is InChI=1S/C32H37ClF3N9O5/c1-31(2,37)12-10-24(46)28-39-26(40-45(28)23-15-38-13-11-22(23)29(48)42-14-4-5-21(42)18-50-3)17-44-30(49)43(16-25(47)32(34,35)36)27(41-44)19-6-8-20(33)9-7-19/h6-9,11,13,15,21,25,47H,4-5,10,12,14,16-18,37H2,1-3H3/t21?,25-/m0/s1. The summed E-state index contributed by atoms with van der Waals surface area (Å²) in [6.07, 6.45) is -3.27. The van der Waals surface area contributed by atoms with Gasteiger partial charge in [-0.25, -0.2) is 19.1 Å². The molecule has 0 aliphatic carbocycles. The lowest BCUT2D eigenvalue weighted by Gasteiger charge is -2.25. The Morgan fingerprint density at radius 2 is 1.88 bits per heavy atom. The molecule has 18 heteroatoms. The molecule has 1 amide bonds. The van der Waals surface area contributed by atoms with Gasteiger partial charge >= 0.3 is 11.9 Å². The van der Waals surface area contributed by atoms with Gasteiger partial charge in [0.1, 0.15) is 6.54 Å². The number of aliphatic hydroxyl groups excluding tert-OH is 1. The average Bonchev–Trinajstić information content (AvgIpc) is 3.78. The van der Waals surface area contributed by atoms with Crippen LogP contribution in [0.25, 0.3) is 17.1 Å². The second kappa shape index (κ2) is 14.8. The number of halogens is 4. The molecule has 4 heterocycles. The number of methoxy groups -OCH3 is 1. The van der Waals surface area contributed by atoms with Crippen LogP contribution in [0.5, 0.6) is 0 Å². The van der Waals surface area contributed by atoms with Crippen molar-refractivity contribution in [1.82, 2.24) is 39.0 Å². The number of hydrogen-bond acceptors (Lipinski definition) is 10. The number of ketones is 1. The number of aromatic nitrogens is 7. The van der Waals surface area contributed by atoms with Gasteiger partial charge in [-0.2, -0.15) is 13.2 Å². The van der Waals surface area contributed by atoms with Crippen LogP contribution in [0.15, 0.2) is 47.5 Å². The third-order valence-corrected chi connectivity index (χ3v) is 8.45. The van der Waals surface area contributed by atoms with Crippen LogP contribution in [0.2, 0.25) is 5.02 Å². The molecule has 2 atom stereocenters. The largest absolute Gasteiger partial charge is 0.416 e. The van der Waals surface area contributed by atoms with Crippen LogP contribution in [0.3, 0.4) is 0 Å². The van der Waals surface area contributed by atoms with Gasteiger partial charge in [0.2, 0.25) is 0 Å². The van der Waals surface area contributed by atoms with Crippen LogP contribution >= 0.6 is 11.6 Å². The molecule has 14 nitrogen and oxygen atoms in total. The molecule has 0 saturated carbocycles. The lowest BCUT2D eigenvalue weighted by atomic mass is 9.98. The second-order valence-electron chi connectivity index (χ2n) is 12.8. The van der Waals surface area contributed by atoms with Gasteiger partial charge in [0.25, 0.3) is 5.91 Å². The molecule has 1 fully saturated rings. The number of carbonyl (C=O) groups excluding carboxylic acids is 2. The van der Waals surface area contributed by atoms with Crippen LogP contribution < -0.4 is 11.4 Å². The number of alkyl halides is 3. The van der Waals surface area contributed by atoms with Crippen molar-refractivity contribution in [3.63, 3.8) is 0 Å². The highest BCUT2D eigenvalue weighted by molar-refractivity contribution is 6.30. The molecular formula is C32H37ClF3N9O5. The summed E-state index contributed by atoms with van der Waals surface area (Å²) < 4.78 is 48.1. The number of hydrogen-bond donors (Lipinski definition) is 2. The summed E-state index contributed by atoms with van der Waals surface area (Å²) in [5.41, 5.74) is 5.05. The highest BCUT2D eigenvalue weighted by atomic mass is 35.5. The number of nitrogens with two attached hydrogens (primary N) is 1. The number of nitrogens with zero attached hydrogens (tertiary/aromatic N) is 8. The predicted molar refractivity (Wildman–Crippen MR) is 175 cm³/mol. The quantitative estimate of drug-likeness (QED) is 0.195. The summed E-state index contributed by atoms with van der Waals surface area (Å²) in [5, 5.41) is 18.9. The average molecular weight is 720 g/mol. The van der Waals surface area contributed by atoms with Crippen molar-refractivity contribution in [2.24, 2.45) is 5.73 Å². The first-order chi connectivity index (χ1) is 23.6. The van der Waals surface area contributed by atoms with Crippen molar-refractivity contribution in [2.45, 2.75) is 76.5 Å². The van der Waals surface area contributed by atoms with Crippen LogP contribution in [0.4, 0.5) is 13.2 Å². The summed E-state index contributed by atoms with van der Waals surface area (Å²) in [6, 6.07) is 7.23. The van der Waals surface area contributed by atoms with E-state index in [-0.39, 0.29) is 59.1 Å². The van der Waals surface area contributed by atoms with Crippen molar-refractivity contribution in [3.8, 4) is 17.1 Å². The van der Waals surface area contributed by atoms with Gasteiger partial charge in [0, 0.05) is 42.4 Å². The topological polar surface area (TPSA) is 176 Å². The molecule has 3 N–H and O–H groups in total. The van der Waals surface area contributed by atoms with E-state index in [1.807, 2.05) is 0 Å². The van der Waals surface area contributed by atoms with Gasteiger partial charge in [-0.05, 0) is 63.4 Å². The molecule has 4 aromatic rings. The molecule has 1 unspecified atom stereocenters. The molecular weight excluding hydrogens is 683 g/mol. The van der Waals surface area contributed by atoms with E-state index in [1.54, 1.807) is 25.9 Å². The number of amides is 1. The van der Waals surface area contributed by atoms with E-state index in [1.165, 1.54) is 47.4 Å². The fraction of sp³-hybridized carbons (Fsp3) is 0.469. The Hall–Kier alpha value is -4.45. The maximum atomic E-state index is 13.9. The lowest BCUT2D eigenvalue weighted by Crippen LogP contribution is -2.38. The Morgan fingerprint density at radius 1 is 1.16 bits per heavy atom. The number of aliphatic hydroxyl groups is 1. The lowest BCUT2D eigenvalue weighted by molar-refractivity contribution is -0.207. The zero-order valence-corrected chi connectivity index (χ0v) is 28.4. The minimum absolute atomic E-state index is 0.0299. The highest BCUT2D eigenvalue weighted by Crippen LogP contribution is 2.26. The molecule has 50 heavy (non-hydrogen) atoms. The molecule has 3 aromatic heterocycles. The van der Waals surface area contributed by atoms with Crippen LogP contribution in [-0.2, 0) is 17.8 Å². The molecule has 0 spiro atoms. The van der Waals surface area contributed by atoms with E-state index in [0.29, 0.717) is 22.7 Å².